The molecule has 3 nitrogen and oxygen atoms in total. The van der Waals surface area contributed by atoms with Gasteiger partial charge in [0.05, 0.1) is 6.04 Å². The summed E-state index contributed by atoms with van der Waals surface area (Å²) < 4.78 is 0. The van der Waals surface area contributed by atoms with Gasteiger partial charge in [0.15, 0.2) is 0 Å². The van der Waals surface area contributed by atoms with Crippen LogP contribution in [0.25, 0.3) is 0 Å². The average Bonchev–Trinajstić information content (AvgIpc) is 2.69. The molecule has 2 rings (SSSR count). The fourth-order valence-corrected chi connectivity index (χ4v) is 1.56. The summed E-state index contributed by atoms with van der Waals surface area (Å²) in [5.41, 5.74) is 0. The molecule has 1 amide bonds. The SMILES string of the molecule is O=CN1CCCC1[C@@H]1C=N1. The lowest BCUT2D eigenvalue weighted by Gasteiger charge is -2.17. The number of carbonyl (C=O) groups excluding carboxylic acids is 1. The van der Waals surface area contributed by atoms with Gasteiger partial charge in [0.25, 0.3) is 0 Å². The third-order valence-corrected chi connectivity index (χ3v) is 2.19. The normalized spacial score (nSPS) is 36.6. The number of aliphatic imine (C=N–C) groups is 1. The Morgan fingerprint density at radius 2 is 2.50 bits per heavy atom. The summed E-state index contributed by atoms with van der Waals surface area (Å²) in [4.78, 5) is 16.3. The number of amides is 1. The summed E-state index contributed by atoms with van der Waals surface area (Å²) in [6, 6.07) is 0.769. The molecule has 0 N–H and O–H groups in total. The quantitative estimate of drug-likeness (QED) is 0.497. The lowest BCUT2D eigenvalue weighted by molar-refractivity contribution is -0.118. The van der Waals surface area contributed by atoms with Crippen LogP contribution in [0.4, 0.5) is 0 Å². The van der Waals surface area contributed by atoms with Gasteiger partial charge in [-0.05, 0) is 12.8 Å². The molecule has 1 saturated heterocycles. The highest BCUT2D eigenvalue weighted by atomic mass is 16.1. The van der Waals surface area contributed by atoms with E-state index in [-0.39, 0.29) is 0 Å². The van der Waals surface area contributed by atoms with E-state index in [0.29, 0.717) is 12.1 Å². The number of carbonyl (C=O) groups is 1. The zero-order valence-corrected chi connectivity index (χ0v) is 5.73. The molecule has 0 aliphatic carbocycles. The molecule has 0 saturated carbocycles. The van der Waals surface area contributed by atoms with Gasteiger partial charge in [0.1, 0.15) is 6.04 Å². The summed E-state index contributed by atoms with van der Waals surface area (Å²) in [6.45, 7) is 0.925. The summed E-state index contributed by atoms with van der Waals surface area (Å²) in [5, 5.41) is 0. The molecule has 2 atom stereocenters. The van der Waals surface area contributed by atoms with Crippen molar-refractivity contribution < 1.29 is 4.79 Å². The number of hydrogen-bond donors (Lipinski definition) is 0. The zero-order chi connectivity index (χ0) is 6.97. The van der Waals surface area contributed by atoms with Crippen molar-refractivity contribution in [1.82, 2.24) is 4.90 Å². The second kappa shape index (κ2) is 2.08. The fourth-order valence-electron chi connectivity index (χ4n) is 1.56. The van der Waals surface area contributed by atoms with Gasteiger partial charge in [-0.15, -0.1) is 0 Å². The molecule has 1 fully saturated rings. The average molecular weight is 138 g/mol. The van der Waals surface area contributed by atoms with Crippen LogP contribution >= 0.6 is 0 Å². The van der Waals surface area contributed by atoms with Crippen molar-refractivity contribution in [2.24, 2.45) is 4.99 Å². The van der Waals surface area contributed by atoms with Gasteiger partial charge >= 0.3 is 0 Å². The van der Waals surface area contributed by atoms with E-state index in [2.05, 4.69) is 4.99 Å². The molecule has 54 valence electrons. The molecular formula is C7H10N2O. The first-order valence-electron chi connectivity index (χ1n) is 3.66. The van der Waals surface area contributed by atoms with Crippen LogP contribution in [0.1, 0.15) is 12.8 Å². The minimum absolute atomic E-state index is 0.368. The molecule has 1 unspecified atom stereocenters. The van der Waals surface area contributed by atoms with Crippen LogP contribution in [-0.2, 0) is 4.79 Å². The predicted octanol–water partition coefficient (Wildman–Crippen LogP) is 0.0602. The van der Waals surface area contributed by atoms with Crippen LogP contribution < -0.4 is 0 Å². The maximum atomic E-state index is 10.4. The highest BCUT2D eigenvalue weighted by molar-refractivity contribution is 5.79. The van der Waals surface area contributed by atoms with E-state index in [1.54, 1.807) is 0 Å². The number of rotatable bonds is 2. The molecule has 2 heterocycles. The highest BCUT2D eigenvalue weighted by Gasteiger charge is 2.33. The Morgan fingerprint density at radius 1 is 1.70 bits per heavy atom. The molecule has 10 heavy (non-hydrogen) atoms. The molecule has 2 aliphatic heterocycles. The van der Waals surface area contributed by atoms with Crippen LogP contribution in [0.3, 0.4) is 0 Å². The van der Waals surface area contributed by atoms with E-state index >= 15 is 0 Å². The van der Waals surface area contributed by atoms with Crippen LogP contribution in [0.15, 0.2) is 4.99 Å². The molecule has 0 spiro atoms. The van der Waals surface area contributed by atoms with E-state index in [1.807, 2.05) is 11.1 Å². The molecule has 0 aromatic heterocycles. The largest absolute Gasteiger partial charge is 0.340 e. The van der Waals surface area contributed by atoms with E-state index < -0.39 is 0 Å². The summed E-state index contributed by atoms with van der Waals surface area (Å²) in [7, 11) is 0. The lowest BCUT2D eigenvalue weighted by Crippen LogP contribution is -2.32. The van der Waals surface area contributed by atoms with Crippen LogP contribution in [0, 0.1) is 0 Å². The fraction of sp³-hybridized carbons (Fsp3) is 0.714. The van der Waals surface area contributed by atoms with Gasteiger partial charge in [-0.25, -0.2) is 0 Å². The van der Waals surface area contributed by atoms with Crippen LogP contribution in [0.5, 0.6) is 0 Å². The van der Waals surface area contributed by atoms with Gasteiger partial charge < -0.3 is 4.90 Å². The Hall–Kier alpha value is -0.860. The molecule has 0 radical (unpaired) electrons. The second-order valence-electron chi connectivity index (χ2n) is 2.84. The van der Waals surface area contributed by atoms with Crippen molar-refractivity contribution >= 4 is 12.6 Å². The third-order valence-electron chi connectivity index (χ3n) is 2.19. The molecule has 0 aromatic carbocycles. The maximum Gasteiger partial charge on any atom is 0.210 e. The van der Waals surface area contributed by atoms with E-state index in [9.17, 15) is 4.79 Å². The van der Waals surface area contributed by atoms with Crippen molar-refractivity contribution in [3.8, 4) is 0 Å². The number of likely N-dealkylation sites (tertiary alicyclic amines) is 1. The Balaban J connectivity index is 1.98. The Labute approximate surface area is 59.7 Å². The Bertz CT molecular complexity index is 172. The predicted molar refractivity (Wildman–Crippen MR) is 38.1 cm³/mol. The van der Waals surface area contributed by atoms with Crippen molar-refractivity contribution in [3.63, 3.8) is 0 Å². The Kier molecular flexibility index (Phi) is 1.22. The van der Waals surface area contributed by atoms with Crippen LogP contribution in [0.2, 0.25) is 0 Å². The zero-order valence-electron chi connectivity index (χ0n) is 5.73. The molecule has 0 aromatic rings. The van der Waals surface area contributed by atoms with Gasteiger partial charge in [-0.1, -0.05) is 0 Å². The standard InChI is InChI=1S/C7H10N2O/c10-5-9-3-1-2-7(9)6-4-8-6/h4-7H,1-3H2/t6-,7?/m0/s1. The topological polar surface area (TPSA) is 32.7 Å². The van der Waals surface area contributed by atoms with Gasteiger partial charge in [0.2, 0.25) is 6.41 Å². The monoisotopic (exact) mass is 138 g/mol. The van der Waals surface area contributed by atoms with Gasteiger partial charge in [-0.3, -0.25) is 9.79 Å². The van der Waals surface area contributed by atoms with Crippen molar-refractivity contribution in [1.29, 1.82) is 0 Å². The molecule has 0 bridgehead atoms. The maximum absolute atomic E-state index is 10.4. The summed E-state index contributed by atoms with van der Waals surface area (Å²) in [6.07, 6.45) is 5.14. The van der Waals surface area contributed by atoms with Crippen molar-refractivity contribution in [2.75, 3.05) is 6.54 Å². The molecule has 2 aliphatic rings. The Morgan fingerprint density at radius 3 is 3.10 bits per heavy atom. The summed E-state index contributed by atoms with van der Waals surface area (Å²) >= 11 is 0. The third kappa shape index (κ3) is 0.818. The summed E-state index contributed by atoms with van der Waals surface area (Å²) in [5.74, 6) is 0. The van der Waals surface area contributed by atoms with E-state index in [0.717, 1.165) is 25.8 Å². The van der Waals surface area contributed by atoms with E-state index in [4.69, 9.17) is 0 Å². The first-order chi connectivity index (χ1) is 4.92. The van der Waals surface area contributed by atoms with Gasteiger partial charge in [0, 0.05) is 12.8 Å². The number of hydrogen-bond acceptors (Lipinski definition) is 2. The first kappa shape index (κ1) is 5.89. The van der Waals surface area contributed by atoms with Crippen molar-refractivity contribution in [3.05, 3.63) is 0 Å². The van der Waals surface area contributed by atoms with Gasteiger partial charge in [-0.2, -0.15) is 0 Å². The van der Waals surface area contributed by atoms with Crippen LogP contribution in [-0.4, -0.2) is 36.2 Å². The minimum atomic E-state index is 0.368. The molecule has 3 heteroatoms. The number of nitrogens with zero attached hydrogens (tertiary/aromatic N) is 2. The first-order valence-corrected chi connectivity index (χ1v) is 3.66. The van der Waals surface area contributed by atoms with E-state index in [1.165, 1.54) is 0 Å². The second-order valence-corrected chi connectivity index (χ2v) is 2.84. The molecular weight excluding hydrogens is 128 g/mol. The lowest BCUT2D eigenvalue weighted by atomic mass is 10.1. The highest BCUT2D eigenvalue weighted by Crippen LogP contribution is 2.23. The minimum Gasteiger partial charge on any atom is -0.340 e. The van der Waals surface area contributed by atoms with Crippen molar-refractivity contribution in [2.45, 2.75) is 24.9 Å². The smallest absolute Gasteiger partial charge is 0.210 e.